The van der Waals surface area contributed by atoms with Gasteiger partial charge in [0.25, 0.3) is 0 Å². The Bertz CT molecular complexity index is 809. The number of methoxy groups -OCH3 is 1. The number of aromatic nitrogens is 2. The van der Waals surface area contributed by atoms with E-state index in [2.05, 4.69) is 4.98 Å². The van der Waals surface area contributed by atoms with Gasteiger partial charge in [-0.25, -0.2) is 4.98 Å². The Labute approximate surface area is 125 Å². The molecule has 0 aliphatic carbocycles. The predicted molar refractivity (Wildman–Crippen MR) is 76.0 cm³/mol. The number of hydrogen-bond donors (Lipinski definition) is 0. The van der Waals surface area contributed by atoms with Gasteiger partial charge in [0.1, 0.15) is 5.65 Å². The first kappa shape index (κ1) is 14.4. The number of alkyl halides is 3. The summed E-state index contributed by atoms with van der Waals surface area (Å²) in [5, 5.41) is 0. The van der Waals surface area contributed by atoms with Crippen molar-refractivity contribution >= 4 is 5.65 Å². The van der Waals surface area contributed by atoms with Gasteiger partial charge in [0.05, 0.1) is 18.4 Å². The summed E-state index contributed by atoms with van der Waals surface area (Å²) in [6.45, 7) is 0. The van der Waals surface area contributed by atoms with Crippen molar-refractivity contribution in [2.75, 3.05) is 7.11 Å². The van der Waals surface area contributed by atoms with E-state index in [0.29, 0.717) is 29.2 Å². The zero-order chi connectivity index (χ0) is 15.7. The Morgan fingerprint density at radius 3 is 2.64 bits per heavy atom. The molecule has 0 saturated heterocycles. The molecule has 0 bridgehead atoms. The molecule has 0 fully saturated rings. The average molecular weight is 306 g/mol. The third kappa shape index (κ3) is 2.77. The molecule has 3 nitrogen and oxygen atoms in total. The second kappa shape index (κ2) is 5.36. The number of nitrogens with zero attached hydrogens (tertiary/aromatic N) is 2. The normalized spacial score (nSPS) is 11.8. The van der Waals surface area contributed by atoms with E-state index in [4.69, 9.17) is 4.74 Å². The van der Waals surface area contributed by atoms with Crippen molar-refractivity contribution in [1.29, 1.82) is 0 Å². The standard InChI is InChI=1S/C16H13F3N2O/c1-22-15-7-3-6-14-20-13(10-21(14)15)9-11-4-2-5-12(8-11)16(17,18)19/h2-8,10H,9H2,1H3. The molecular weight excluding hydrogens is 293 g/mol. The highest BCUT2D eigenvalue weighted by Crippen LogP contribution is 2.30. The van der Waals surface area contributed by atoms with E-state index in [1.54, 1.807) is 29.8 Å². The molecule has 0 N–H and O–H groups in total. The molecule has 0 saturated carbocycles. The molecule has 6 heteroatoms. The van der Waals surface area contributed by atoms with Gasteiger partial charge in [0.15, 0.2) is 5.88 Å². The number of pyridine rings is 1. The number of fused-ring (bicyclic) bond motifs is 1. The summed E-state index contributed by atoms with van der Waals surface area (Å²) in [7, 11) is 1.56. The largest absolute Gasteiger partial charge is 0.482 e. The van der Waals surface area contributed by atoms with Crippen LogP contribution in [0.25, 0.3) is 5.65 Å². The van der Waals surface area contributed by atoms with E-state index in [1.807, 2.05) is 12.1 Å². The minimum absolute atomic E-state index is 0.328. The Morgan fingerprint density at radius 2 is 1.91 bits per heavy atom. The monoisotopic (exact) mass is 306 g/mol. The zero-order valence-corrected chi connectivity index (χ0v) is 11.8. The van der Waals surface area contributed by atoms with Crippen LogP contribution in [0, 0.1) is 0 Å². The van der Waals surface area contributed by atoms with Crippen molar-refractivity contribution in [3.05, 3.63) is 65.5 Å². The van der Waals surface area contributed by atoms with Crippen LogP contribution in [0.5, 0.6) is 5.88 Å². The van der Waals surface area contributed by atoms with Gasteiger partial charge in [-0.1, -0.05) is 24.3 Å². The van der Waals surface area contributed by atoms with Crippen molar-refractivity contribution in [2.45, 2.75) is 12.6 Å². The number of imidazole rings is 1. The number of benzene rings is 1. The second-order valence-electron chi connectivity index (χ2n) is 4.90. The Kier molecular flexibility index (Phi) is 3.52. The number of ether oxygens (including phenoxy) is 1. The first-order valence-corrected chi connectivity index (χ1v) is 6.64. The van der Waals surface area contributed by atoms with E-state index in [1.165, 1.54) is 6.07 Å². The van der Waals surface area contributed by atoms with Crippen LogP contribution in [0.4, 0.5) is 13.2 Å². The predicted octanol–water partition coefficient (Wildman–Crippen LogP) is 3.95. The molecule has 3 rings (SSSR count). The molecule has 0 aliphatic rings. The SMILES string of the molecule is COc1cccc2nc(Cc3cccc(C(F)(F)F)c3)cn12. The lowest BCUT2D eigenvalue weighted by atomic mass is 10.1. The zero-order valence-electron chi connectivity index (χ0n) is 11.8. The fourth-order valence-corrected chi connectivity index (χ4v) is 2.35. The summed E-state index contributed by atoms with van der Waals surface area (Å²) in [6.07, 6.45) is -2.23. The van der Waals surface area contributed by atoms with Gasteiger partial charge in [0, 0.05) is 12.6 Å². The molecule has 0 aliphatic heterocycles. The Balaban J connectivity index is 1.93. The second-order valence-corrected chi connectivity index (χ2v) is 4.90. The van der Waals surface area contributed by atoms with Crippen LogP contribution in [0.1, 0.15) is 16.8 Å². The molecule has 0 spiro atoms. The fourth-order valence-electron chi connectivity index (χ4n) is 2.35. The highest BCUT2D eigenvalue weighted by Gasteiger charge is 2.30. The summed E-state index contributed by atoms with van der Waals surface area (Å²) in [5.74, 6) is 0.625. The quantitative estimate of drug-likeness (QED) is 0.732. The van der Waals surface area contributed by atoms with E-state index in [0.717, 1.165) is 12.1 Å². The van der Waals surface area contributed by atoms with Crippen LogP contribution in [0.2, 0.25) is 0 Å². The lowest BCUT2D eigenvalue weighted by Crippen LogP contribution is -2.05. The lowest BCUT2D eigenvalue weighted by Gasteiger charge is -2.07. The van der Waals surface area contributed by atoms with Gasteiger partial charge in [-0.3, -0.25) is 4.40 Å². The Hall–Kier alpha value is -2.50. The van der Waals surface area contributed by atoms with Gasteiger partial charge in [-0.15, -0.1) is 0 Å². The van der Waals surface area contributed by atoms with Crippen molar-refractivity contribution in [2.24, 2.45) is 0 Å². The van der Waals surface area contributed by atoms with Crippen LogP contribution >= 0.6 is 0 Å². The number of hydrogen-bond acceptors (Lipinski definition) is 2. The number of halogens is 3. The minimum atomic E-state index is -4.34. The highest BCUT2D eigenvalue weighted by molar-refractivity contribution is 5.44. The molecule has 114 valence electrons. The van der Waals surface area contributed by atoms with Gasteiger partial charge < -0.3 is 4.74 Å². The molecule has 2 heterocycles. The summed E-state index contributed by atoms with van der Waals surface area (Å²) in [4.78, 5) is 4.41. The molecule has 1 aromatic carbocycles. The maximum atomic E-state index is 12.7. The summed E-state index contributed by atoms with van der Waals surface area (Å²) >= 11 is 0. The van der Waals surface area contributed by atoms with Crippen molar-refractivity contribution in [3.63, 3.8) is 0 Å². The fraction of sp³-hybridized carbons (Fsp3) is 0.188. The molecule has 2 aromatic heterocycles. The van der Waals surface area contributed by atoms with Crippen LogP contribution < -0.4 is 4.74 Å². The molecule has 0 atom stereocenters. The maximum Gasteiger partial charge on any atom is 0.416 e. The lowest BCUT2D eigenvalue weighted by molar-refractivity contribution is -0.137. The Morgan fingerprint density at radius 1 is 1.14 bits per heavy atom. The minimum Gasteiger partial charge on any atom is -0.482 e. The van der Waals surface area contributed by atoms with E-state index < -0.39 is 11.7 Å². The average Bonchev–Trinajstić information content (AvgIpc) is 2.88. The van der Waals surface area contributed by atoms with E-state index in [-0.39, 0.29) is 0 Å². The highest BCUT2D eigenvalue weighted by atomic mass is 19.4. The first-order chi connectivity index (χ1) is 10.5. The van der Waals surface area contributed by atoms with Gasteiger partial charge in [-0.05, 0) is 23.8 Å². The smallest absolute Gasteiger partial charge is 0.416 e. The first-order valence-electron chi connectivity index (χ1n) is 6.64. The van der Waals surface area contributed by atoms with Crippen LogP contribution in [-0.2, 0) is 12.6 Å². The van der Waals surface area contributed by atoms with Gasteiger partial charge in [0.2, 0.25) is 0 Å². The molecule has 22 heavy (non-hydrogen) atoms. The maximum absolute atomic E-state index is 12.7. The third-order valence-electron chi connectivity index (χ3n) is 3.35. The van der Waals surface area contributed by atoms with E-state index >= 15 is 0 Å². The summed E-state index contributed by atoms with van der Waals surface area (Å²) < 4.78 is 45.2. The van der Waals surface area contributed by atoms with Crippen molar-refractivity contribution < 1.29 is 17.9 Å². The van der Waals surface area contributed by atoms with Gasteiger partial charge in [-0.2, -0.15) is 13.2 Å². The van der Waals surface area contributed by atoms with Crippen LogP contribution in [0.3, 0.4) is 0 Å². The molecule has 0 unspecified atom stereocenters. The molecule has 0 radical (unpaired) electrons. The molecular formula is C16H13F3N2O. The van der Waals surface area contributed by atoms with Crippen molar-refractivity contribution in [3.8, 4) is 5.88 Å². The number of rotatable bonds is 3. The third-order valence-corrected chi connectivity index (χ3v) is 3.35. The van der Waals surface area contributed by atoms with Crippen LogP contribution in [0.15, 0.2) is 48.7 Å². The topological polar surface area (TPSA) is 26.5 Å². The van der Waals surface area contributed by atoms with Gasteiger partial charge >= 0.3 is 6.18 Å². The van der Waals surface area contributed by atoms with Crippen LogP contribution in [-0.4, -0.2) is 16.5 Å². The summed E-state index contributed by atoms with van der Waals surface area (Å²) in [6, 6.07) is 10.7. The summed E-state index contributed by atoms with van der Waals surface area (Å²) in [5.41, 5.74) is 1.30. The molecule has 3 aromatic rings. The van der Waals surface area contributed by atoms with Crippen molar-refractivity contribution in [1.82, 2.24) is 9.38 Å². The van der Waals surface area contributed by atoms with E-state index in [9.17, 15) is 13.2 Å². The molecule has 0 amide bonds.